The SMILES string of the molecule is COCCC(C)C(O)c1cc(Cl)sc1Cl. The van der Waals surface area contributed by atoms with Gasteiger partial charge >= 0.3 is 0 Å². The van der Waals surface area contributed by atoms with Crippen LogP contribution in [0.15, 0.2) is 6.07 Å². The van der Waals surface area contributed by atoms with Crippen LogP contribution in [0.2, 0.25) is 8.67 Å². The molecule has 86 valence electrons. The van der Waals surface area contributed by atoms with Gasteiger partial charge in [0.25, 0.3) is 0 Å². The zero-order valence-corrected chi connectivity index (χ0v) is 11.0. The van der Waals surface area contributed by atoms with Gasteiger partial charge in [-0.05, 0) is 18.4 Å². The predicted molar refractivity (Wildman–Crippen MR) is 65.0 cm³/mol. The summed E-state index contributed by atoms with van der Waals surface area (Å²) in [7, 11) is 1.65. The van der Waals surface area contributed by atoms with E-state index >= 15 is 0 Å². The summed E-state index contributed by atoms with van der Waals surface area (Å²) in [6.45, 7) is 2.60. The summed E-state index contributed by atoms with van der Waals surface area (Å²) in [5.74, 6) is 0.105. The Bertz CT molecular complexity index is 314. The summed E-state index contributed by atoms with van der Waals surface area (Å²) < 4.78 is 6.14. The maximum atomic E-state index is 10.0. The lowest BCUT2D eigenvalue weighted by molar-refractivity contribution is 0.0890. The van der Waals surface area contributed by atoms with Gasteiger partial charge in [-0.1, -0.05) is 30.1 Å². The molecule has 2 nitrogen and oxygen atoms in total. The minimum absolute atomic E-state index is 0.105. The highest BCUT2D eigenvalue weighted by Crippen LogP contribution is 2.38. The average molecular weight is 269 g/mol. The molecule has 0 aliphatic heterocycles. The molecule has 1 heterocycles. The van der Waals surface area contributed by atoms with E-state index in [9.17, 15) is 5.11 Å². The first kappa shape index (κ1) is 13.3. The molecule has 1 aromatic rings. The van der Waals surface area contributed by atoms with Crippen LogP contribution in [0.3, 0.4) is 0 Å². The van der Waals surface area contributed by atoms with Crippen molar-refractivity contribution in [2.24, 2.45) is 5.92 Å². The molecule has 15 heavy (non-hydrogen) atoms. The van der Waals surface area contributed by atoms with Crippen molar-refractivity contribution in [1.29, 1.82) is 0 Å². The molecule has 2 unspecified atom stereocenters. The van der Waals surface area contributed by atoms with E-state index in [1.54, 1.807) is 13.2 Å². The van der Waals surface area contributed by atoms with Crippen LogP contribution in [0.25, 0.3) is 0 Å². The van der Waals surface area contributed by atoms with Crippen LogP contribution in [0.1, 0.15) is 25.0 Å². The monoisotopic (exact) mass is 268 g/mol. The fourth-order valence-corrected chi connectivity index (χ4v) is 2.86. The number of aliphatic hydroxyl groups is 1. The minimum atomic E-state index is -0.573. The third kappa shape index (κ3) is 3.61. The lowest BCUT2D eigenvalue weighted by Gasteiger charge is -2.17. The predicted octanol–water partition coefficient (Wildman–Crippen LogP) is 3.76. The Kier molecular flexibility index (Phi) is 5.36. The molecular formula is C10H14Cl2O2S. The number of hydrogen-bond acceptors (Lipinski definition) is 3. The second-order valence-corrected chi connectivity index (χ2v) is 5.77. The number of halogens is 2. The van der Waals surface area contributed by atoms with Crippen molar-refractivity contribution in [3.05, 3.63) is 20.3 Å². The number of ether oxygens (including phenoxy) is 1. The summed E-state index contributed by atoms with van der Waals surface area (Å²) in [6, 6.07) is 1.72. The lowest BCUT2D eigenvalue weighted by Crippen LogP contribution is -2.11. The molecule has 0 radical (unpaired) electrons. The Hall–Kier alpha value is 0.200. The quantitative estimate of drug-likeness (QED) is 0.881. The molecule has 0 aliphatic rings. The van der Waals surface area contributed by atoms with Crippen molar-refractivity contribution in [2.45, 2.75) is 19.4 Å². The maximum Gasteiger partial charge on any atom is 0.100 e. The van der Waals surface area contributed by atoms with Gasteiger partial charge in [-0.3, -0.25) is 0 Å². The van der Waals surface area contributed by atoms with E-state index in [-0.39, 0.29) is 5.92 Å². The molecule has 0 aromatic carbocycles. The normalized spacial score (nSPS) is 15.3. The lowest BCUT2D eigenvalue weighted by atomic mass is 9.97. The fraction of sp³-hybridized carbons (Fsp3) is 0.600. The molecular weight excluding hydrogens is 255 g/mol. The molecule has 1 N–H and O–H groups in total. The Morgan fingerprint density at radius 3 is 2.67 bits per heavy atom. The number of hydrogen-bond donors (Lipinski definition) is 1. The van der Waals surface area contributed by atoms with Crippen molar-refractivity contribution in [3.63, 3.8) is 0 Å². The van der Waals surface area contributed by atoms with Crippen LogP contribution in [-0.2, 0) is 4.74 Å². The minimum Gasteiger partial charge on any atom is -0.388 e. The number of methoxy groups -OCH3 is 1. The van der Waals surface area contributed by atoms with Crippen molar-refractivity contribution in [1.82, 2.24) is 0 Å². The molecule has 1 aromatic heterocycles. The second-order valence-electron chi connectivity index (χ2n) is 3.48. The Morgan fingerprint density at radius 1 is 1.53 bits per heavy atom. The molecule has 0 bridgehead atoms. The molecule has 0 aliphatic carbocycles. The molecule has 1 rings (SSSR count). The standard InChI is InChI=1S/C10H14Cl2O2S/c1-6(3-4-14-2)9(13)7-5-8(11)15-10(7)12/h5-6,9,13H,3-4H2,1-2H3. The highest BCUT2D eigenvalue weighted by Gasteiger charge is 2.20. The van der Waals surface area contributed by atoms with Crippen molar-refractivity contribution in [2.75, 3.05) is 13.7 Å². The van der Waals surface area contributed by atoms with Gasteiger partial charge in [-0.25, -0.2) is 0 Å². The molecule has 0 saturated carbocycles. The van der Waals surface area contributed by atoms with Crippen molar-refractivity contribution in [3.8, 4) is 0 Å². The van der Waals surface area contributed by atoms with E-state index in [0.717, 1.165) is 12.0 Å². The Morgan fingerprint density at radius 2 is 2.20 bits per heavy atom. The summed E-state index contributed by atoms with van der Waals surface area (Å²) >= 11 is 13.1. The molecule has 0 fully saturated rings. The smallest absolute Gasteiger partial charge is 0.100 e. The molecule has 0 spiro atoms. The van der Waals surface area contributed by atoms with Crippen LogP contribution >= 0.6 is 34.5 Å². The van der Waals surface area contributed by atoms with Gasteiger partial charge in [0.1, 0.15) is 4.34 Å². The van der Waals surface area contributed by atoms with E-state index in [1.165, 1.54) is 11.3 Å². The van der Waals surface area contributed by atoms with Gasteiger partial charge in [0.2, 0.25) is 0 Å². The van der Waals surface area contributed by atoms with Crippen LogP contribution in [0.5, 0.6) is 0 Å². The van der Waals surface area contributed by atoms with Crippen molar-refractivity contribution >= 4 is 34.5 Å². The van der Waals surface area contributed by atoms with E-state index in [1.807, 2.05) is 6.92 Å². The number of thiophene rings is 1. The van der Waals surface area contributed by atoms with Crippen LogP contribution in [-0.4, -0.2) is 18.8 Å². The van der Waals surface area contributed by atoms with E-state index in [0.29, 0.717) is 15.3 Å². The Balaban J connectivity index is 2.66. The van der Waals surface area contributed by atoms with Gasteiger partial charge in [-0.15, -0.1) is 11.3 Å². The fourth-order valence-electron chi connectivity index (χ4n) is 1.32. The first-order valence-corrected chi connectivity index (χ1v) is 6.25. The van der Waals surface area contributed by atoms with Gasteiger partial charge in [0, 0.05) is 19.3 Å². The van der Waals surface area contributed by atoms with E-state index < -0.39 is 6.10 Å². The van der Waals surface area contributed by atoms with Gasteiger partial charge in [-0.2, -0.15) is 0 Å². The van der Waals surface area contributed by atoms with Crippen LogP contribution < -0.4 is 0 Å². The molecule has 2 atom stereocenters. The zero-order chi connectivity index (χ0) is 11.4. The van der Waals surface area contributed by atoms with Gasteiger partial charge in [0.15, 0.2) is 0 Å². The third-order valence-electron chi connectivity index (χ3n) is 2.32. The van der Waals surface area contributed by atoms with Crippen LogP contribution in [0, 0.1) is 5.92 Å². The topological polar surface area (TPSA) is 29.5 Å². The number of aliphatic hydroxyl groups excluding tert-OH is 1. The number of rotatable bonds is 5. The van der Waals surface area contributed by atoms with E-state index in [4.69, 9.17) is 27.9 Å². The Labute approximate surface area is 104 Å². The highest BCUT2D eigenvalue weighted by atomic mass is 35.5. The maximum absolute atomic E-state index is 10.0. The van der Waals surface area contributed by atoms with Gasteiger partial charge < -0.3 is 9.84 Å². The largest absolute Gasteiger partial charge is 0.388 e. The molecule has 0 saturated heterocycles. The van der Waals surface area contributed by atoms with E-state index in [2.05, 4.69) is 0 Å². The van der Waals surface area contributed by atoms with Crippen molar-refractivity contribution < 1.29 is 9.84 Å². The van der Waals surface area contributed by atoms with Crippen LogP contribution in [0.4, 0.5) is 0 Å². The summed E-state index contributed by atoms with van der Waals surface area (Å²) in [6.07, 6.45) is 0.220. The zero-order valence-electron chi connectivity index (χ0n) is 8.67. The summed E-state index contributed by atoms with van der Waals surface area (Å²) in [4.78, 5) is 0. The second kappa shape index (κ2) is 6.06. The molecule has 0 amide bonds. The highest BCUT2D eigenvalue weighted by molar-refractivity contribution is 7.20. The third-order valence-corrected chi connectivity index (χ3v) is 3.84. The van der Waals surface area contributed by atoms with Gasteiger partial charge in [0.05, 0.1) is 10.4 Å². The molecule has 5 heteroatoms. The first-order valence-electron chi connectivity index (χ1n) is 4.68. The average Bonchev–Trinajstić information content (AvgIpc) is 2.53. The first-order chi connectivity index (χ1) is 7.06. The summed E-state index contributed by atoms with van der Waals surface area (Å²) in [5.41, 5.74) is 0.718. The summed E-state index contributed by atoms with van der Waals surface area (Å²) in [5, 5.41) is 10.0.